The summed E-state index contributed by atoms with van der Waals surface area (Å²) in [6.07, 6.45) is 1.54. The molecule has 0 unspecified atom stereocenters. The zero-order valence-corrected chi connectivity index (χ0v) is 13.4. The molecule has 0 bridgehead atoms. The zero-order valence-electron chi connectivity index (χ0n) is 13.4. The second-order valence-corrected chi connectivity index (χ2v) is 5.08. The van der Waals surface area contributed by atoms with E-state index in [1.165, 1.54) is 7.11 Å². The summed E-state index contributed by atoms with van der Waals surface area (Å²) in [4.78, 5) is 30.9. The van der Waals surface area contributed by atoms with E-state index in [1.54, 1.807) is 48.8 Å². The highest BCUT2D eigenvalue weighted by atomic mass is 16.5. The van der Waals surface area contributed by atoms with E-state index >= 15 is 0 Å². The summed E-state index contributed by atoms with van der Waals surface area (Å²) in [6.45, 7) is -0.264. The number of rotatable bonds is 5. The van der Waals surface area contributed by atoms with Gasteiger partial charge in [-0.2, -0.15) is 0 Å². The minimum absolute atomic E-state index is 0.264. The molecule has 0 aliphatic carbocycles. The molecule has 2 aromatic carbocycles. The minimum atomic E-state index is -0.498. The van der Waals surface area contributed by atoms with Crippen molar-refractivity contribution in [2.24, 2.45) is 0 Å². The molecule has 0 aliphatic heterocycles. The first-order chi connectivity index (χ1) is 12.2. The number of amides is 2. The molecule has 0 atom stereocenters. The number of hydrazine groups is 1. The standard InChI is InChI=1S/C17H16N4O4/c1-24-14-4-2-3-5-15(14)25-9-16(22)20-21-17(23)11-6-7-12-13(8-11)19-10-18-12/h2-8,10H,9H2,1H3,(H,18,19)(H,20,22)(H,21,23). The van der Waals surface area contributed by atoms with Gasteiger partial charge in [0.25, 0.3) is 11.8 Å². The molecule has 3 aromatic rings. The fraction of sp³-hybridized carbons (Fsp3) is 0.118. The SMILES string of the molecule is COc1ccccc1OCC(=O)NNC(=O)c1ccc2nc[nH]c2c1. The first-order valence-electron chi connectivity index (χ1n) is 7.45. The lowest BCUT2D eigenvalue weighted by Gasteiger charge is -2.11. The molecule has 1 heterocycles. The van der Waals surface area contributed by atoms with Crippen LogP contribution in [0, 0.1) is 0 Å². The fourth-order valence-electron chi connectivity index (χ4n) is 2.19. The molecular weight excluding hydrogens is 324 g/mol. The summed E-state index contributed by atoms with van der Waals surface area (Å²) >= 11 is 0. The van der Waals surface area contributed by atoms with Gasteiger partial charge in [-0.15, -0.1) is 0 Å². The number of aromatic nitrogens is 2. The van der Waals surface area contributed by atoms with Gasteiger partial charge in [0.15, 0.2) is 18.1 Å². The third-order valence-corrected chi connectivity index (χ3v) is 3.43. The number of benzene rings is 2. The average Bonchev–Trinajstić information content (AvgIpc) is 3.12. The Balaban J connectivity index is 1.52. The second-order valence-electron chi connectivity index (χ2n) is 5.08. The highest BCUT2D eigenvalue weighted by Crippen LogP contribution is 2.25. The molecule has 0 saturated carbocycles. The lowest BCUT2D eigenvalue weighted by atomic mass is 10.2. The lowest BCUT2D eigenvalue weighted by molar-refractivity contribution is -0.123. The number of carbonyl (C=O) groups is 2. The van der Waals surface area contributed by atoms with Gasteiger partial charge in [-0.25, -0.2) is 4.98 Å². The Morgan fingerprint density at radius 2 is 1.92 bits per heavy atom. The van der Waals surface area contributed by atoms with Crippen molar-refractivity contribution >= 4 is 22.8 Å². The van der Waals surface area contributed by atoms with Gasteiger partial charge in [0.2, 0.25) is 0 Å². The highest BCUT2D eigenvalue weighted by molar-refractivity contribution is 5.98. The van der Waals surface area contributed by atoms with E-state index in [0.29, 0.717) is 17.1 Å². The molecule has 2 amide bonds. The highest BCUT2D eigenvalue weighted by Gasteiger charge is 2.10. The van der Waals surface area contributed by atoms with Crippen molar-refractivity contribution in [3.8, 4) is 11.5 Å². The summed E-state index contributed by atoms with van der Waals surface area (Å²) in [5.41, 5.74) is 6.52. The van der Waals surface area contributed by atoms with Crippen LogP contribution in [0.15, 0.2) is 48.8 Å². The number of H-pyrrole nitrogens is 1. The molecule has 3 N–H and O–H groups in total. The van der Waals surface area contributed by atoms with E-state index in [2.05, 4.69) is 20.8 Å². The molecule has 25 heavy (non-hydrogen) atoms. The van der Waals surface area contributed by atoms with E-state index in [-0.39, 0.29) is 6.61 Å². The molecule has 0 aliphatic rings. The van der Waals surface area contributed by atoms with Gasteiger partial charge >= 0.3 is 0 Å². The van der Waals surface area contributed by atoms with Crippen molar-refractivity contribution in [3.63, 3.8) is 0 Å². The van der Waals surface area contributed by atoms with Crippen LogP contribution in [0.5, 0.6) is 11.5 Å². The number of fused-ring (bicyclic) bond motifs is 1. The average molecular weight is 340 g/mol. The number of ether oxygens (including phenoxy) is 2. The van der Waals surface area contributed by atoms with E-state index < -0.39 is 11.8 Å². The van der Waals surface area contributed by atoms with Gasteiger partial charge in [0.05, 0.1) is 24.5 Å². The van der Waals surface area contributed by atoms with Crippen molar-refractivity contribution in [2.45, 2.75) is 0 Å². The number of aromatic amines is 1. The molecule has 8 nitrogen and oxygen atoms in total. The Kier molecular flexibility index (Phi) is 4.79. The Morgan fingerprint density at radius 3 is 2.72 bits per heavy atom. The monoisotopic (exact) mass is 340 g/mol. The second kappa shape index (κ2) is 7.35. The summed E-state index contributed by atoms with van der Waals surface area (Å²) < 4.78 is 10.5. The van der Waals surface area contributed by atoms with Crippen molar-refractivity contribution in [2.75, 3.05) is 13.7 Å². The predicted octanol–water partition coefficient (Wildman–Crippen LogP) is 1.41. The molecule has 1 aromatic heterocycles. The number of hydrogen-bond acceptors (Lipinski definition) is 5. The molecule has 0 fully saturated rings. The summed E-state index contributed by atoms with van der Waals surface area (Å²) in [7, 11) is 1.51. The maximum Gasteiger partial charge on any atom is 0.276 e. The molecular formula is C17H16N4O4. The van der Waals surface area contributed by atoms with Gasteiger partial charge in [0, 0.05) is 5.56 Å². The third-order valence-electron chi connectivity index (χ3n) is 3.43. The molecule has 3 rings (SSSR count). The van der Waals surface area contributed by atoms with E-state index in [1.807, 2.05) is 0 Å². The number of nitrogens with zero attached hydrogens (tertiary/aromatic N) is 1. The van der Waals surface area contributed by atoms with E-state index in [0.717, 1.165) is 11.0 Å². The van der Waals surface area contributed by atoms with Crippen LogP contribution < -0.4 is 20.3 Å². The van der Waals surface area contributed by atoms with E-state index in [4.69, 9.17) is 9.47 Å². The number of carbonyl (C=O) groups excluding carboxylic acids is 2. The number of nitrogens with one attached hydrogen (secondary N) is 3. The van der Waals surface area contributed by atoms with Crippen LogP contribution in [0.3, 0.4) is 0 Å². The summed E-state index contributed by atoms with van der Waals surface area (Å²) in [6, 6.07) is 12.0. The summed E-state index contributed by atoms with van der Waals surface area (Å²) in [5, 5.41) is 0. The Morgan fingerprint density at radius 1 is 1.12 bits per heavy atom. The van der Waals surface area contributed by atoms with Gasteiger partial charge < -0.3 is 14.5 Å². The Labute approximate surface area is 143 Å². The van der Waals surface area contributed by atoms with Gasteiger partial charge in [-0.3, -0.25) is 20.4 Å². The molecule has 0 saturated heterocycles. The maximum absolute atomic E-state index is 12.1. The van der Waals surface area contributed by atoms with Crippen LogP contribution in [-0.4, -0.2) is 35.5 Å². The van der Waals surface area contributed by atoms with Crippen molar-refractivity contribution in [3.05, 3.63) is 54.4 Å². The van der Waals surface area contributed by atoms with Crippen molar-refractivity contribution in [1.29, 1.82) is 0 Å². The van der Waals surface area contributed by atoms with Gasteiger partial charge in [-0.05, 0) is 30.3 Å². The first kappa shape index (κ1) is 16.3. The quantitative estimate of drug-likeness (QED) is 0.609. The van der Waals surface area contributed by atoms with Crippen LogP contribution in [0.1, 0.15) is 10.4 Å². The molecule has 128 valence electrons. The molecule has 0 radical (unpaired) electrons. The minimum Gasteiger partial charge on any atom is -0.493 e. The number of imidazole rings is 1. The largest absolute Gasteiger partial charge is 0.493 e. The normalized spacial score (nSPS) is 10.3. The molecule has 8 heteroatoms. The predicted molar refractivity (Wildman–Crippen MR) is 90.2 cm³/mol. The van der Waals surface area contributed by atoms with Crippen molar-refractivity contribution in [1.82, 2.24) is 20.8 Å². The maximum atomic E-state index is 12.1. The molecule has 0 spiro atoms. The van der Waals surface area contributed by atoms with Crippen molar-refractivity contribution < 1.29 is 19.1 Å². The summed E-state index contributed by atoms with van der Waals surface area (Å²) in [5.74, 6) is 0.0207. The van der Waals surface area contributed by atoms with Crippen LogP contribution in [0.4, 0.5) is 0 Å². The van der Waals surface area contributed by atoms with Crippen LogP contribution in [0.25, 0.3) is 11.0 Å². The Hall–Kier alpha value is -3.55. The topological polar surface area (TPSA) is 105 Å². The van der Waals surface area contributed by atoms with Crippen LogP contribution in [-0.2, 0) is 4.79 Å². The van der Waals surface area contributed by atoms with Gasteiger partial charge in [-0.1, -0.05) is 12.1 Å². The lowest BCUT2D eigenvalue weighted by Crippen LogP contribution is -2.43. The zero-order chi connectivity index (χ0) is 17.6. The number of hydrogen-bond donors (Lipinski definition) is 3. The number of methoxy groups -OCH3 is 1. The van der Waals surface area contributed by atoms with Crippen LogP contribution >= 0.6 is 0 Å². The fourth-order valence-corrected chi connectivity index (χ4v) is 2.19. The third kappa shape index (κ3) is 3.86. The Bertz CT molecular complexity index is 906. The van der Waals surface area contributed by atoms with E-state index in [9.17, 15) is 9.59 Å². The smallest absolute Gasteiger partial charge is 0.276 e. The van der Waals surface area contributed by atoms with Crippen LogP contribution in [0.2, 0.25) is 0 Å². The van der Waals surface area contributed by atoms with Gasteiger partial charge in [0.1, 0.15) is 0 Å². The first-order valence-corrected chi connectivity index (χ1v) is 7.45. The number of para-hydroxylation sites is 2.